The van der Waals surface area contributed by atoms with Gasteiger partial charge in [0.15, 0.2) is 0 Å². The Hall–Kier alpha value is -1.25. The van der Waals surface area contributed by atoms with Crippen molar-refractivity contribution < 1.29 is 4.39 Å². The zero-order valence-electron chi connectivity index (χ0n) is 10.5. The van der Waals surface area contributed by atoms with Crippen molar-refractivity contribution >= 4 is 28.9 Å². The summed E-state index contributed by atoms with van der Waals surface area (Å²) >= 11 is 11.9. The number of halogens is 3. The normalized spacial score (nSPS) is 12.2. The van der Waals surface area contributed by atoms with Gasteiger partial charge in [-0.25, -0.2) is 4.39 Å². The summed E-state index contributed by atoms with van der Waals surface area (Å²) in [5.74, 6) is -0.182. The van der Waals surface area contributed by atoms with Gasteiger partial charge >= 0.3 is 0 Å². The second-order valence-corrected chi connectivity index (χ2v) is 5.31. The van der Waals surface area contributed by atoms with Crippen LogP contribution < -0.4 is 5.32 Å². The van der Waals surface area contributed by atoms with Crippen LogP contribution in [0.15, 0.2) is 42.5 Å². The van der Waals surface area contributed by atoms with Gasteiger partial charge in [0, 0.05) is 11.1 Å². The molecule has 2 rings (SSSR count). The molecule has 0 heterocycles. The maximum Gasteiger partial charge on any atom is 0.126 e. The highest BCUT2D eigenvalue weighted by Gasteiger charge is 2.09. The van der Waals surface area contributed by atoms with E-state index in [1.54, 1.807) is 24.3 Å². The predicted molar refractivity (Wildman–Crippen MR) is 79.7 cm³/mol. The van der Waals surface area contributed by atoms with E-state index < -0.39 is 0 Å². The quantitative estimate of drug-likeness (QED) is 0.820. The lowest BCUT2D eigenvalue weighted by Gasteiger charge is -2.17. The van der Waals surface area contributed by atoms with Crippen molar-refractivity contribution in [2.24, 2.45) is 0 Å². The Labute approximate surface area is 122 Å². The van der Waals surface area contributed by atoms with E-state index in [4.69, 9.17) is 23.2 Å². The molecule has 1 unspecified atom stereocenters. The number of hydrogen-bond donors (Lipinski definition) is 1. The Morgan fingerprint density at radius 3 is 2.58 bits per heavy atom. The maximum absolute atomic E-state index is 13.5. The van der Waals surface area contributed by atoms with Crippen molar-refractivity contribution in [3.8, 4) is 0 Å². The minimum absolute atomic E-state index is 0.0653. The molecule has 0 saturated carbocycles. The molecule has 0 saturated heterocycles. The van der Waals surface area contributed by atoms with Crippen molar-refractivity contribution in [2.75, 3.05) is 5.32 Å². The number of anilines is 1. The van der Waals surface area contributed by atoms with Crippen LogP contribution in [0.3, 0.4) is 0 Å². The highest BCUT2D eigenvalue weighted by atomic mass is 35.5. The molecule has 0 spiro atoms. The van der Waals surface area contributed by atoms with E-state index in [-0.39, 0.29) is 11.9 Å². The van der Waals surface area contributed by atoms with E-state index in [0.717, 1.165) is 5.69 Å². The van der Waals surface area contributed by atoms with E-state index in [0.29, 0.717) is 22.0 Å². The van der Waals surface area contributed by atoms with Crippen molar-refractivity contribution in [3.05, 3.63) is 63.9 Å². The minimum atomic E-state index is -0.182. The Kier molecular flexibility index (Phi) is 4.67. The molecule has 100 valence electrons. The number of benzene rings is 2. The predicted octanol–water partition coefficient (Wildman–Crippen LogP) is 5.18. The smallest absolute Gasteiger partial charge is 0.126 e. The Bertz CT molecular complexity index is 572. The first-order valence-corrected chi connectivity index (χ1v) is 6.77. The molecular weight excluding hydrogens is 284 g/mol. The molecular formula is C15H14Cl2FN. The first-order chi connectivity index (χ1) is 9.06. The Balaban J connectivity index is 2.05. The molecule has 2 aromatic rings. The third kappa shape index (κ3) is 3.85. The van der Waals surface area contributed by atoms with E-state index in [9.17, 15) is 4.39 Å². The van der Waals surface area contributed by atoms with Gasteiger partial charge in [-0.2, -0.15) is 0 Å². The maximum atomic E-state index is 13.5. The average molecular weight is 298 g/mol. The summed E-state index contributed by atoms with van der Waals surface area (Å²) < 4.78 is 13.5. The first kappa shape index (κ1) is 14.2. The lowest BCUT2D eigenvalue weighted by Crippen LogP contribution is -2.18. The van der Waals surface area contributed by atoms with E-state index in [2.05, 4.69) is 5.32 Å². The largest absolute Gasteiger partial charge is 0.381 e. The monoisotopic (exact) mass is 297 g/mol. The van der Waals surface area contributed by atoms with Gasteiger partial charge in [0.05, 0.1) is 10.7 Å². The Morgan fingerprint density at radius 2 is 1.89 bits per heavy atom. The summed E-state index contributed by atoms with van der Waals surface area (Å²) in [6, 6.07) is 12.1. The third-order valence-electron chi connectivity index (χ3n) is 2.82. The van der Waals surface area contributed by atoms with Crippen LogP contribution in [0.4, 0.5) is 10.1 Å². The van der Waals surface area contributed by atoms with Gasteiger partial charge in [-0.3, -0.25) is 0 Å². The van der Waals surface area contributed by atoms with Crippen LogP contribution in [0.5, 0.6) is 0 Å². The zero-order valence-corrected chi connectivity index (χ0v) is 12.0. The van der Waals surface area contributed by atoms with Crippen LogP contribution >= 0.6 is 23.2 Å². The number of nitrogens with one attached hydrogen (secondary N) is 1. The van der Waals surface area contributed by atoms with Crippen LogP contribution in [-0.2, 0) is 6.42 Å². The SMILES string of the molecule is CC(Cc1ccccc1F)Nc1ccc(Cl)cc1Cl. The lowest BCUT2D eigenvalue weighted by atomic mass is 10.1. The molecule has 0 radical (unpaired) electrons. The third-order valence-corrected chi connectivity index (χ3v) is 3.36. The van der Waals surface area contributed by atoms with E-state index in [1.165, 1.54) is 6.07 Å². The molecule has 0 bridgehead atoms. The lowest BCUT2D eigenvalue weighted by molar-refractivity contribution is 0.601. The fourth-order valence-electron chi connectivity index (χ4n) is 1.92. The van der Waals surface area contributed by atoms with Gasteiger partial charge in [-0.1, -0.05) is 41.4 Å². The molecule has 0 fully saturated rings. The zero-order chi connectivity index (χ0) is 13.8. The number of hydrogen-bond acceptors (Lipinski definition) is 1. The van der Waals surface area contributed by atoms with E-state index >= 15 is 0 Å². The molecule has 4 heteroatoms. The fraction of sp³-hybridized carbons (Fsp3) is 0.200. The molecule has 1 nitrogen and oxygen atoms in total. The highest BCUT2D eigenvalue weighted by molar-refractivity contribution is 6.36. The van der Waals surface area contributed by atoms with Crippen LogP contribution in [-0.4, -0.2) is 6.04 Å². The molecule has 0 aliphatic heterocycles. The average Bonchev–Trinajstić information content (AvgIpc) is 2.36. The fourth-order valence-corrected chi connectivity index (χ4v) is 2.38. The first-order valence-electron chi connectivity index (χ1n) is 6.01. The topological polar surface area (TPSA) is 12.0 Å². The van der Waals surface area contributed by atoms with Crippen LogP contribution in [0.2, 0.25) is 10.0 Å². The molecule has 0 amide bonds. The molecule has 1 atom stereocenters. The molecule has 0 aliphatic rings. The van der Waals surface area contributed by atoms with Gasteiger partial charge in [0.1, 0.15) is 5.82 Å². The van der Waals surface area contributed by atoms with Crippen molar-refractivity contribution in [1.29, 1.82) is 0 Å². The summed E-state index contributed by atoms with van der Waals surface area (Å²) in [7, 11) is 0. The molecule has 1 N–H and O–H groups in total. The summed E-state index contributed by atoms with van der Waals surface area (Å²) in [6.07, 6.45) is 0.589. The van der Waals surface area contributed by atoms with Gasteiger partial charge in [0.25, 0.3) is 0 Å². The van der Waals surface area contributed by atoms with Crippen LogP contribution in [0.25, 0.3) is 0 Å². The molecule has 0 aliphatic carbocycles. The highest BCUT2D eigenvalue weighted by Crippen LogP contribution is 2.26. The molecule has 0 aromatic heterocycles. The van der Waals surface area contributed by atoms with Crippen molar-refractivity contribution in [3.63, 3.8) is 0 Å². The second kappa shape index (κ2) is 6.27. The van der Waals surface area contributed by atoms with Crippen molar-refractivity contribution in [2.45, 2.75) is 19.4 Å². The van der Waals surface area contributed by atoms with Crippen molar-refractivity contribution in [1.82, 2.24) is 0 Å². The van der Waals surface area contributed by atoms with Crippen LogP contribution in [0.1, 0.15) is 12.5 Å². The standard InChI is InChI=1S/C15H14Cl2FN/c1-10(8-11-4-2-3-5-14(11)18)19-15-7-6-12(16)9-13(15)17/h2-7,9-10,19H,8H2,1H3. The summed E-state index contributed by atoms with van der Waals surface area (Å²) in [6.45, 7) is 1.98. The van der Waals surface area contributed by atoms with Gasteiger partial charge in [0.2, 0.25) is 0 Å². The van der Waals surface area contributed by atoms with E-state index in [1.807, 2.05) is 19.1 Å². The van der Waals surface area contributed by atoms with Crippen LogP contribution in [0, 0.1) is 5.82 Å². The summed E-state index contributed by atoms with van der Waals surface area (Å²) in [4.78, 5) is 0. The summed E-state index contributed by atoms with van der Waals surface area (Å²) in [5.41, 5.74) is 1.49. The molecule has 2 aromatic carbocycles. The minimum Gasteiger partial charge on any atom is -0.381 e. The summed E-state index contributed by atoms with van der Waals surface area (Å²) in [5, 5.41) is 4.41. The molecule has 19 heavy (non-hydrogen) atoms. The second-order valence-electron chi connectivity index (χ2n) is 4.47. The van der Waals surface area contributed by atoms with Gasteiger partial charge in [-0.05, 0) is 43.2 Å². The van der Waals surface area contributed by atoms with Gasteiger partial charge < -0.3 is 5.32 Å². The number of rotatable bonds is 4. The Morgan fingerprint density at radius 1 is 1.16 bits per heavy atom. The van der Waals surface area contributed by atoms with Gasteiger partial charge in [-0.15, -0.1) is 0 Å².